The SMILES string of the molecule is COC(=O)C(O)(N=P(c1ccccc1)(c1ccccc1)c1ccccc1)C(F)(F)F. The number of hydrogen-bond donors (Lipinski definition) is 1. The van der Waals surface area contributed by atoms with Gasteiger partial charge in [0.1, 0.15) is 0 Å². The fourth-order valence-corrected chi connectivity index (χ4v) is 6.81. The average molecular weight is 433 g/mol. The first kappa shape index (κ1) is 21.8. The number of esters is 1. The lowest BCUT2D eigenvalue weighted by Gasteiger charge is -2.32. The molecule has 0 saturated carbocycles. The van der Waals surface area contributed by atoms with E-state index in [9.17, 15) is 23.1 Å². The first-order valence-electron chi connectivity index (χ1n) is 8.93. The van der Waals surface area contributed by atoms with Gasteiger partial charge in [-0.25, -0.2) is 9.54 Å². The Balaban J connectivity index is 2.55. The molecule has 0 heterocycles. The maximum absolute atomic E-state index is 14.0. The lowest BCUT2D eigenvalue weighted by Crippen LogP contribution is -2.52. The van der Waals surface area contributed by atoms with Crippen LogP contribution in [0.3, 0.4) is 0 Å². The highest BCUT2D eigenvalue weighted by molar-refractivity contribution is 7.87. The molecule has 0 aliphatic carbocycles. The van der Waals surface area contributed by atoms with E-state index < -0.39 is 24.9 Å². The molecule has 0 bridgehead atoms. The number of benzene rings is 3. The van der Waals surface area contributed by atoms with E-state index in [1.54, 1.807) is 91.0 Å². The molecule has 0 aromatic heterocycles. The average Bonchev–Trinajstić information content (AvgIpc) is 2.77. The number of rotatable bonds is 5. The van der Waals surface area contributed by atoms with Crippen molar-refractivity contribution in [1.82, 2.24) is 0 Å². The third kappa shape index (κ3) is 3.78. The Morgan fingerprint density at radius 2 is 1.13 bits per heavy atom. The van der Waals surface area contributed by atoms with Crippen molar-refractivity contribution in [2.75, 3.05) is 7.11 Å². The second-order valence-corrected chi connectivity index (χ2v) is 9.42. The van der Waals surface area contributed by atoms with Gasteiger partial charge in [-0.15, -0.1) is 0 Å². The van der Waals surface area contributed by atoms with E-state index in [0.717, 1.165) is 7.11 Å². The van der Waals surface area contributed by atoms with Crippen LogP contribution in [-0.2, 0) is 9.53 Å². The maximum atomic E-state index is 14.0. The van der Waals surface area contributed by atoms with Gasteiger partial charge in [-0.2, -0.15) is 13.2 Å². The van der Waals surface area contributed by atoms with Gasteiger partial charge in [0.25, 0.3) is 0 Å². The van der Waals surface area contributed by atoms with Crippen LogP contribution in [0, 0.1) is 0 Å². The first-order chi connectivity index (χ1) is 14.3. The maximum Gasteiger partial charge on any atom is 0.450 e. The topological polar surface area (TPSA) is 58.9 Å². The molecule has 156 valence electrons. The first-order valence-corrected chi connectivity index (χ1v) is 10.7. The Hall–Kier alpha value is -2.89. The lowest BCUT2D eigenvalue weighted by molar-refractivity contribution is -0.258. The van der Waals surface area contributed by atoms with Crippen LogP contribution in [-0.4, -0.2) is 30.1 Å². The molecule has 0 amide bonds. The molecule has 3 aromatic carbocycles. The molecule has 0 spiro atoms. The highest BCUT2D eigenvalue weighted by Gasteiger charge is 2.62. The van der Waals surface area contributed by atoms with Crippen molar-refractivity contribution in [2.24, 2.45) is 4.74 Å². The van der Waals surface area contributed by atoms with Crippen LogP contribution in [0.2, 0.25) is 0 Å². The molecular weight excluding hydrogens is 414 g/mol. The van der Waals surface area contributed by atoms with Gasteiger partial charge in [0, 0.05) is 15.9 Å². The van der Waals surface area contributed by atoms with Gasteiger partial charge in [-0.3, -0.25) is 0 Å². The summed E-state index contributed by atoms with van der Waals surface area (Å²) in [4.78, 5) is 12.2. The minimum Gasteiger partial charge on any atom is -0.465 e. The van der Waals surface area contributed by atoms with Crippen molar-refractivity contribution in [3.63, 3.8) is 0 Å². The lowest BCUT2D eigenvalue weighted by atomic mass is 10.2. The molecule has 0 fully saturated rings. The second-order valence-electron chi connectivity index (χ2n) is 6.40. The van der Waals surface area contributed by atoms with Crippen LogP contribution in [0.25, 0.3) is 0 Å². The molecule has 0 saturated heterocycles. The van der Waals surface area contributed by atoms with Crippen LogP contribution in [0.4, 0.5) is 13.2 Å². The van der Waals surface area contributed by atoms with Crippen molar-refractivity contribution in [1.29, 1.82) is 0 Å². The zero-order valence-electron chi connectivity index (χ0n) is 16.0. The third-order valence-electron chi connectivity index (χ3n) is 4.55. The molecule has 1 atom stereocenters. The summed E-state index contributed by atoms with van der Waals surface area (Å²) in [7, 11) is -2.70. The number of nitrogens with zero attached hydrogens (tertiary/aromatic N) is 1. The van der Waals surface area contributed by atoms with Gasteiger partial charge in [-0.05, 0) is 0 Å². The highest BCUT2D eigenvalue weighted by atomic mass is 31.2. The number of ether oxygens (including phenoxy) is 1. The summed E-state index contributed by atoms with van der Waals surface area (Å²) in [6.45, 7) is 0. The quantitative estimate of drug-likeness (QED) is 0.494. The number of methoxy groups -OCH3 is 1. The van der Waals surface area contributed by atoms with Crippen molar-refractivity contribution in [2.45, 2.75) is 11.9 Å². The summed E-state index contributed by atoms with van der Waals surface area (Å²) in [6, 6.07) is 25.1. The van der Waals surface area contributed by atoms with Crippen LogP contribution in [0.1, 0.15) is 0 Å². The predicted octanol–water partition coefficient (Wildman–Crippen LogP) is 3.59. The molecule has 1 unspecified atom stereocenters. The summed E-state index contributed by atoms with van der Waals surface area (Å²) in [5.74, 6) is -1.89. The highest BCUT2D eigenvalue weighted by Crippen LogP contribution is 2.51. The van der Waals surface area contributed by atoms with E-state index in [4.69, 9.17) is 0 Å². The normalized spacial score (nSPS) is 13.9. The van der Waals surface area contributed by atoms with Gasteiger partial charge in [-0.1, -0.05) is 91.0 Å². The number of halogens is 3. The summed E-state index contributed by atoms with van der Waals surface area (Å²) in [6.07, 6.45) is -5.39. The summed E-state index contributed by atoms with van der Waals surface area (Å²) in [5.41, 5.74) is -4.04. The van der Waals surface area contributed by atoms with Crippen molar-refractivity contribution in [3.05, 3.63) is 91.0 Å². The van der Waals surface area contributed by atoms with Crippen molar-refractivity contribution < 1.29 is 27.8 Å². The van der Waals surface area contributed by atoms with Crippen LogP contribution in [0.5, 0.6) is 0 Å². The van der Waals surface area contributed by atoms with Gasteiger partial charge in [0.2, 0.25) is 0 Å². The van der Waals surface area contributed by atoms with Gasteiger partial charge in [0.05, 0.1) is 14.2 Å². The molecule has 30 heavy (non-hydrogen) atoms. The van der Waals surface area contributed by atoms with Gasteiger partial charge < -0.3 is 9.84 Å². The van der Waals surface area contributed by atoms with E-state index in [0.29, 0.717) is 15.9 Å². The van der Waals surface area contributed by atoms with Gasteiger partial charge >= 0.3 is 17.9 Å². The monoisotopic (exact) mass is 433 g/mol. The standard InChI is InChI=1S/C22H19F3NO3P/c1-29-20(27)21(28,22(23,24)25)26-30(17-11-5-2-6-12-17,18-13-7-3-8-14-18)19-15-9-4-10-16-19/h2-16,28H,1H3. The van der Waals surface area contributed by atoms with E-state index >= 15 is 0 Å². The molecule has 1 N–H and O–H groups in total. The molecule has 4 nitrogen and oxygen atoms in total. The number of carbonyl (C=O) groups excluding carboxylic acids is 1. The molecule has 3 rings (SSSR count). The smallest absolute Gasteiger partial charge is 0.450 e. The molecule has 8 heteroatoms. The van der Waals surface area contributed by atoms with E-state index in [-0.39, 0.29) is 0 Å². The zero-order valence-corrected chi connectivity index (χ0v) is 16.8. The Morgan fingerprint density at radius 3 is 1.40 bits per heavy atom. The molecule has 0 radical (unpaired) electrons. The number of carbonyl (C=O) groups is 1. The Morgan fingerprint density at radius 1 is 0.800 bits per heavy atom. The van der Waals surface area contributed by atoms with E-state index in [2.05, 4.69) is 9.48 Å². The Kier molecular flexibility index (Phi) is 6.15. The summed E-state index contributed by atoms with van der Waals surface area (Å²) < 4.78 is 50.2. The summed E-state index contributed by atoms with van der Waals surface area (Å²) in [5, 5.41) is 12.0. The number of hydrogen-bond acceptors (Lipinski definition) is 4. The second kappa shape index (κ2) is 8.46. The van der Waals surface area contributed by atoms with Crippen LogP contribution < -0.4 is 15.9 Å². The van der Waals surface area contributed by atoms with Crippen molar-refractivity contribution in [3.8, 4) is 0 Å². The van der Waals surface area contributed by atoms with E-state index in [1.807, 2.05) is 0 Å². The zero-order chi connectivity index (χ0) is 21.8. The largest absolute Gasteiger partial charge is 0.465 e. The fourth-order valence-electron chi connectivity index (χ4n) is 3.12. The number of aliphatic hydroxyl groups is 1. The van der Waals surface area contributed by atoms with Gasteiger partial charge in [0.15, 0.2) is 0 Å². The molecular formula is C22H19F3NO3P. The third-order valence-corrected chi connectivity index (χ3v) is 8.28. The fraction of sp³-hybridized carbons (Fsp3) is 0.136. The van der Waals surface area contributed by atoms with Crippen LogP contribution in [0.15, 0.2) is 95.7 Å². The van der Waals surface area contributed by atoms with Crippen LogP contribution >= 0.6 is 7.05 Å². The Bertz CT molecular complexity index is 954. The van der Waals surface area contributed by atoms with E-state index in [1.165, 1.54) is 0 Å². The Labute approximate surface area is 172 Å². The minimum absolute atomic E-state index is 0.453. The molecule has 0 aliphatic heterocycles. The minimum atomic E-state index is -5.39. The van der Waals surface area contributed by atoms with Crippen molar-refractivity contribution >= 4 is 28.9 Å². The summed E-state index contributed by atoms with van der Waals surface area (Å²) >= 11 is 0. The number of alkyl halides is 3. The predicted molar refractivity (Wildman–Crippen MR) is 111 cm³/mol. The molecule has 0 aliphatic rings. The molecule has 3 aromatic rings.